The molecule has 0 aliphatic heterocycles. The SMILES string of the molecule is Cc1ccc(C2(c3ccc(C)cc3)c3c(sc4cc(-c5ccc(C)c6nsnc56)sc34)-c3sc4c5c(sc4c32)-c2sc3cc(-c4ccc(C)c6nsnc46)sc3c2C5(c2ccc(C)cc2)c2ccc(C)cc2)cc1. The molecule has 0 N–H and O–H groups in total. The van der Waals surface area contributed by atoms with Gasteiger partial charge >= 0.3 is 0 Å². The molecule has 0 unspecified atom stereocenters. The third-order valence-corrected chi connectivity index (χ3v) is 24.7. The monoisotopic (exact) mass is 1100 g/mol. The Labute approximate surface area is 459 Å². The molecule has 2 aliphatic carbocycles. The Bertz CT molecular complexity index is 4270. The summed E-state index contributed by atoms with van der Waals surface area (Å²) in [5.41, 5.74) is 23.5. The number of aryl methyl sites for hydroxylation is 6. The van der Waals surface area contributed by atoms with E-state index in [9.17, 15) is 0 Å². The molecule has 0 amide bonds. The van der Waals surface area contributed by atoms with E-state index in [-0.39, 0.29) is 0 Å². The first-order chi connectivity index (χ1) is 36.1. The highest BCUT2D eigenvalue weighted by atomic mass is 32.1. The van der Waals surface area contributed by atoms with Gasteiger partial charge in [-0.15, -0.1) is 68.0 Å². The van der Waals surface area contributed by atoms with Crippen LogP contribution in [0.5, 0.6) is 0 Å². The van der Waals surface area contributed by atoms with Gasteiger partial charge in [-0.3, -0.25) is 0 Å². The Balaban J connectivity index is 1.03. The highest BCUT2D eigenvalue weighted by molar-refractivity contribution is 7.38. The van der Waals surface area contributed by atoms with E-state index in [1.165, 1.54) is 148 Å². The zero-order chi connectivity index (χ0) is 49.5. The second kappa shape index (κ2) is 15.8. The van der Waals surface area contributed by atoms with Crippen LogP contribution in [0.4, 0.5) is 0 Å². The minimum absolute atomic E-state index is 0.581. The van der Waals surface area contributed by atoms with Crippen LogP contribution in [-0.2, 0) is 10.8 Å². The topological polar surface area (TPSA) is 51.6 Å². The summed E-state index contributed by atoms with van der Waals surface area (Å²) in [5, 5.41) is 0. The van der Waals surface area contributed by atoms with Crippen molar-refractivity contribution in [3.05, 3.63) is 211 Å². The van der Waals surface area contributed by atoms with Gasteiger partial charge in [0.05, 0.1) is 72.6 Å². The second-order valence-electron chi connectivity index (χ2n) is 20.2. The molecule has 0 saturated heterocycles. The molecule has 74 heavy (non-hydrogen) atoms. The Morgan fingerprint density at radius 3 is 0.973 bits per heavy atom. The number of hydrogen-bond donors (Lipinski definition) is 0. The predicted octanol–water partition coefficient (Wildman–Crippen LogP) is 19.4. The summed E-state index contributed by atoms with van der Waals surface area (Å²) in [4.78, 5) is 8.10. The van der Waals surface area contributed by atoms with Gasteiger partial charge in [-0.2, -0.15) is 17.5 Å². The van der Waals surface area contributed by atoms with Crippen molar-refractivity contribution in [1.82, 2.24) is 17.5 Å². The quantitative estimate of drug-likeness (QED) is 0.166. The normalized spacial score (nSPS) is 14.3. The fraction of sp³-hybridized carbons (Fsp3) is 0.129. The van der Waals surface area contributed by atoms with Crippen molar-refractivity contribution in [3.63, 3.8) is 0 Å². The zero-order valence-corrected chi connectivity index (χ0v) is 47.3. The standard InChI is InChI=1S/C62H40N4S8/c1-29-7-17-35(18-8-29)61(36-19-9-30(2)10-20-36)45-53-43(27-41(67-53)39-25-15-33(5)49-51(39)65-73-63-49)69-55(45)57-47(61)59-60(71-57)48-58(72-59)56-46(62(48,37-21-11-31(3)12-22-37)38-23-13-32(4)14-24-38)54-44(70-56)28-42(68-54)40-26-16-34(6)50-52(40)66-74-64-50/h7-28H,1-6H3. The largest absolute Gasteiger partial charge is 0.173 e. The van der Waals surface area contributed by atoms with Gasteiger partial charge in [-0.05, 0) is 87.1 Å². The smallest absolute Gasteiger partial charge is 0.113 e. The van der Waals surface area contributed by atoms with E-state index in [0.29, 0.717) is 0 Å². The summed E-state index contributed by atoms with van der Waals surface area (Å²) >= 11 is 14.5. The van der Waals surface area contributed by atoms with Crippen LogP contribution in [0.1, 0.15) is 77.9 Å². The van der Waals surface area contributed by atoms with E-state index in [4.69, 9.17) is 17.5 Å². The average Bonchev–Trinajstić information content (AvgIpc) is 4.30. The van der Waals surface area contributed by atoms with Crippen LogP contribution >= 0.6 is 91.5 Å². The molecule has 0 atom stereocenters. The average molecular weight is 1100 g/mol. The van der Waals surface area contributed by atoms with Crippen molar-refractivity contribution in [1.29, 1.82) is 0 Å². The molecule has 2 aliphatic rings. The number of thiophene rings is 6. The second-order valence-corrected chi connectivity index (χ2v) is 27.5. The maximum atomic E-state index is 4.87. The first kappa shape index (κ1) is 44.3. The molecule has 4 nitrogen and oxygen atoms in total. The summed E-state index contributed by atoms with van der Waals surface area (Å²) in [6, 6.07) is 51.9. The molecule has 0 bridgehead atoms. The first-order valence-corrected chi connectivity index (χ1v) is 30.9. The third-order valence-electron chi connectivity index (χ3n) is 15.9. The number of nitrogens with zero attached hydrogens (tertiary/aromatic N) is 4. The van der Waals surface area contributed by atoms with Gasteiger partial charge in [-0.25, -0.2) is 0 Å². The molecule has 0 radical (unpaired) electrons. The number of fused-ring (bicyclic) bond motifs is 15. The Kier molecular flexibility index (Phi) is 9.42. The third kappa shape index (κ3) is 5.75. The molecular weight excluding hydrogens is 1060 g/mol. The van der Waals surface area contributed by atoms with Gasteiger partial charge in [0.1, 0.15) is 22.1 Å². The molecule has 0 spiro atoms. The summed E-state index contributed by atoms with van der Waals surface area (Å²) in [6.07, 6.45) is 0. The van der Waals surface area contributed by atoms with Gasteiger partial charge in [0.2, 0.25) is 0 Å². The van der Waals surface area contributed by atoms with E-state index in [1.807, 2.05) is 68.0 Å². The molecular formula is C62H40N4S8. The van der Waals surface area contributed by atoms with E-state index < -0.39 is 10.8 Å². The lowest BCUT2D eigenvalue weighted by molar-refractivity contribution is 0.783. The minimum Gasteiger partial charge on any atom is -0.173 e. The van der Waals surface area contributed by atoms with Crippen molar-refractivity contribution >= 4 is 142 Å². The summed E-state index contributed by atoms with van der Waals surface area (Å²) in [7, 11) is 0. The van der Waals surface area contributed by atoms with Crippen LogP contribution in [0.3, 0.4) is 0 Å². The van der Waals surface area contributed by atoms with Crippen molar-refractivity contribution in [3.8, 4) is 40.4 Å². The molecule has 14 aromatic rings. The summed E-state index contributed by atoms with van der Waals surface area (Å²) in [5.74, 6) is 0. The fourth-order valence-electron chi connectivity index (χ4n) is 12.3. The lowest BCUT2D eigenvalue weighted by Crippen LogP contribution is -2.29. The van der Waals surface area contributed by atoms with E-state index in [1.54, 1.807) is 0 Å². The maximum Gasteiger partial charge on any atom is 0.113 e. The molecule has 356 valence electrons. The van der Waals surface area contributed by atoms with Crippen LogP contribution in [0.2, 0.25) is 0 Å². The van der Waals surface area contributed by atoms with E-state index >= 15 is 0 Å². The first-order valence-electron chi connectivity index (χ1n) is 24.6. The van der Waals surface area contributed by atoms with Crippen molar-refractivity contribution in [2.24, 2.45) is 0 Å². The Hall–Kier alpha value is -6.06. The molecule has 0 fully saturated rings. The molecule has 12 heteroatoms. The number of rotatable bonds is 6. The fourth-order valence-corrected chi connectivity index (χ4v) is 22.5. The predicted molar refractivity (Wildman–Crippen MR) is 322 cm³/mol. The van der Waals surface area contributed by atoms with Crippen molar-refractivity contribution in [2.45, 2.75) is 52.4 Å². The van der Waals surface area contributed by atoms with Gasteiger partial charge in [0, 0.05) is 52.5 Å². The van der Waals surface area contributed by atoms with Crippen molar-refractivity contribution in [2.75, 3.05) is 0 Å². The molecule has 8 heterocycles. The van der Waals surface area contributed by atoms with Crippen LogP contribution in [0.15, 0.2) is 133 Å². The Morgan fingerprint density at radius 1 is 0.311 bits per heavy atom. The van der Waals surface area contributed by atoms with Gasteiger partial charge in [-0.1, -0.05) is 144 Å². The molecule has 0 saturated carbocycles. The summed E-state index contributed by atoms with van der Waals surface area (Å²) < 4.78 is 27.4. The van der Waals surface area contributed by atoms with Crippen LogP contribution in [0, 0.1) is 41.5 Å². The zero-order valence-electron chi connectivity index (χ0n) is 40.8. The van der Waals surface area contributed by atoms with E-state index in [2.05, 4.69) is 175 Å². The van der Waals surface area contributed by atoms with Crippen LogP contribution in [-0.4, -0.2) is 17.5 Å². The maximum absolute atomic E-state index is 4.87. The molecule has 6 aromatic carbocycles. The Morgan fingerprint density at radius 2 is 0.622 bits per heavy atom. The molecule has 16 rings (SSSR count). The number of benzene rings is 6. The van der Waals surface area contributed by atoms with Crippen LogP contribution in [0.25, 0.3) is 90.7 Å². The lowest BCUT2D eigenvalue weighted by Gasteiger charge is -2.34. The minimum atomic E-state index is -0.581. The molecule has 8 aromatic heterocycles. The van der Waals surface area contributed by atoms with Gasteiger partial charge < -0.3 is 0 Å². The number of aromatic nitrogens is 4. The highest BCUT2D eigenvalue weighted by Crippen LogP contribution is 2.72. The number of hydrogen-bond acceptors (Lipinski definition) is 12. The van der Waals surface area contributed by atoms with Gasteiger partial charge in [0.25, 0.3) is 0 Å². The van der Waals surface area contributed by atoms with Crippen LogP contribution < -0.4 is 0 Å². The highest BCUT2D eigenvalue weighted by Gasteiger charge is 2.56. The summed E-state index contributed by atoms with van der Waals surface area (Å²) in [6.45, 7) is 13.1. The lowest BCUT2D eigenvalue weighted by atomic mass is 9.67. The van der Waals surface area contributed by atoms with E-state index in [0.717, 1.165) is 44.3 Å². The van der Waals surface area contributed by atoms with Gasteiger partial charge in [0.15, 0.2) is 0 Å². The van der Waals surface area contributed by atoms with Crippen molar-refractivity contribution < 1.29 is 0 Å².